The molecule has 0 radical (unpaired) electrons. The van der Waals surface area contributed by atoms with Gasteiger partial charge in [0.25, 0.3) is 0 Å². The summed E-state index contributed by atoms with van der Waals surface area (Å²) in [6, 6.07) is -2.46. The van der Waals surface area contributed by atoms with Gasteiger partial charge in [-0.3, -0.25) is 9.59 Å². The van der Waals surface area contributed by atoms with E-state index >= 15 is 0 Å². The number of hydrogen-bond donors (Lipinski definition) is 4. The van der Waals surface area contributed by atoms with Crippen molar-refractivity contribution in [3.8, 4) is 0 Å². The van der Waals surface area contributed by atoms with Gasteiger partial charge in [-0.1, -0.05) is 0 Å². The number of rotatable bonds is 11. The highest BCUT2D eigenvalue weighted by atomic mass is 32.2. The highest BCUT2D eigenvalue weighted by Gasteiger charge is 2.24. The molecule has 22 heavy (non-hydrogen) atoms. The van der Waals surface area contributed by atoms with Crippen molar-refractivity contribution in [2.75, 3.05) is 24.0 Å². The molecule has 0 saturated heterocycles. The lowest BCUT2D eigenvalue weighted by atomic mass is 10.2. The molecule has 2 amide bonds. The van der Waals surface area contributed by atoms with Crippen LogP contribution in [-0.4, -0.2) is 65.0 Å². The number of hydrogen-bond acceptors (Lipinski definition) is 6. The maximum atomic E-state index is 12.0. The number of amides is 2. The first-order chi connectivity index (χ1) is 10.3. The van der Waals surface area contributed by atoms with Gasteiger partial charge in [-0.05, 0) is 43.8 Å². The predicted octanol–water partition coefficient (Wildman–Crippen LogP) is -0.106. The second-order valence-corrected chi connectivity index (χ2v) is 6.77. The summed E-state index contributed by atoms with van der Waals surface area (Å²) in [6.45, 7) is 1.50. The highest BCUT2D eigenvalue weighted by molar-refractivity contribution is 7.98. The van der Waals surface area contributed by atoms with Gasteiger partial charge in [0.05, 0.1) is 6.04 Å². The van der Waals surface area contributed by atoms with Crippen LogP contribution in [0.1, 0.15) is 19.8 Å². The minimum atomic E-state index is -1.09. The third-order valence-corrected chi connectivity index (χ3v) is 4.23. The molecule has 0 aliphatic carbocycles. The van der Waals surface area contributed by atoms with Crippen LogP contribution >= 0.6 is 23.5 Å². The first-order valence-electron chi connectivity index (χ1n) is 6.90. The van der Waals surface area contributed by atoms with Gasteiger partial charge in [-0.25, -0.2) is 4.79 Å². The van der Waals surface area contributed by atoms with Crippen LogP contribution in [0.5, 0.6) is 0 Å². The van der Waals surface area contributed by atoms with Crippen molar-refractivity contribution in [3.05, 3.63) is 0 Å². The van der Waals surface area contributed by atoms with Crippen LogP contribution in [0.3, 0.4) is 0 Å². The van der Waals surface area contributed by atoms with E-state index in [1.54, 1.807) is 11.8 Å². The molecule has 0 heterocycles. The molecular formula is C13H25N3O4S2. The number of nitrogens with two attached hydrogens (primary N) is 1. The normalized spacial score (nSPS) is 14.7. The Kier molecular flexibility index (Phi) is 11.1. The summed E-state index contributed by atoms with van der Waals surface area (Å²) >= 11 is 3.09. The Bertz CT molecular complexity index is 382. The van der Waals surface area contributed by atoms with Crippen molar-refractivity contribution in [2.24, 2.45) is 5.73 Å². The zero-order valence-corrected chi connectivity index (χ0v) is 14.8. The van der Waals surface area contributed by atoms with E-state index in [4.69, 9.17) is 10.8 Å². The fraction of sp³-hybridized carbons (Fsp3) is 0.769. The molecule has 0 aliphatic rings. The molecule has 0 rings (SSSR count). The number of carboxylic acid groups (broad SMARTS) is 1. The van der Waals surface area contributed by atoms with Crippen molar-refractivity contribution in [1.82, 2.24) is 10.6 Å². The van der Waals surface area contributed by atoms with Crippen molar-refractivity contribution >= 4 is 41.3 Å². The highest BCUT2D eigenvalue weighted by Crippen LogP contribution is 2.02. The number of thioether (sulfide) groups is 2. The lowest BCUT2D eigenvalue weighted by Gasteiger charge is -2.20. The number of nitrogens with one attached hydrogen (secondary N) is 2. The summed E-state index contributed by atoms with van der Waals surface area (Å²) in [5.74, 6) is -0.646. The second kappa shape index (κ2) is 11.6. The summed E-state index contributed by atoms with van der Waals surface area (Å²) in [4.78, 5) is 34.8. The van der Waals surface area contributed by atoms with Crippen LogP contribution in [0.4, 0.5) is 0 Å². The van der Waals surface area contributed by atoms with Crippen molar-refractivity contribution in [2.45, 2.75) is 37.9 Å². The van der Waals surface area contributed by atoms with Crippen LogP contribution in [0.15, 0.2) is 0 Å². The molecule has 0 aromatic rings. The topological polar surface area (TPSA) is 122 Å². The van der Waals surface area contributed by atoms with E-state index in [-0.39, 0.29) is 0 Å². The van der Waals surface area contributed by atoms with Crippen molar-refractivity contribution in [1.29, 1.82) is 0 Å². The molecule has 0 saturated carbocycles. The molecule has 0 aromatic carbocycles. The molecular weight excluding hydrogens is 326 g/mol. The largest absolute Gasteiger partial charge is 0.480 e. The molecule has 3 atom stereocenters. The Morgan fingerprint density at radius 3 is 2.09 bits per heavy atom. The summed E-state index contributed by atoms with van der Waals surface area (Å²) < 4.78 is 0. The third kappa shape index (κ3) is 8.50. The summed E-state index contributed by atoms with van der Waals surface area (Å²) in [6.07, 6.45) is 4.63. The number of carboxylic acids is 1. The van der Waals surface area contributed by atoms with Gasteiger partial charge >= 0.3 is 5.97 Å². The molecule has 7 nitrogen and oxygen atoms in total. The van der Waals surface area contributed by atoms with Gasteiger partial charge in [0, 0.05) is 0 Å². The maximum Gasteiger partial charge on any atom is 0.326 e. The minimum absolute atomic E-state index is 0.330. The summed E-state index contributed by atoms with van der Waals surface area (Å²) in [7, 11) is 0. The van der Waals surface area contributed by atoms with E-state index in [9.17, 15) is 14.4 Å². The zero-order valence-electron chi connectivity index (χ0n) is 13.1. The summed E-state index contributed by atoms with van der Waals surface area (Å²) in [5, 5.41) is 14.0. The lowest BCUT2D eigenvalue weighted by Crippen LogP contribution is -2.53. The second-order valence-electron chi connectivity index (χ2n) is 4.80. The van der Waals surface area contributed by atoms with Crippen LogP contribution in [-0.2, 0) is 14.4 Å². The minimum Gasteiger partial charge on any atom is -0.480 e. The van der Waals surface area contributed by atoms with Gasteiger partial charge in [-0.15, -0.1) is 0 Å². The van der Waals surface area contributed by atoms with E-state index in [1.165, 1.54) is 18.7 Å². The Balaban J connectivity index is 4.39. The van der Waals surface area contributed by atoms with Gasteiger partial charge in [-0.2, -0.15) is 23.5 Å². The van der Waals surface area contributed by atoms with Gasteiger partial charge in [0.2, 0.25) is 11.8 Å². The number of carbonyl (C=O) groups excluding carboxylic acids is 2. The molecule has 0 aliphatic heterocycles. The molecule has 0 spiro atoms. The Morgan fingerprint density at radius 2 is 1.59 bits per heavy atom. The molecule has 0 aromatic heterocycles. The van der Waals surface area contributed by atoms with E-state index < -0.39 is 35.9 Å². The molecule has 9 heteroatoms. The SMILES string of the molecule is CSCC[C@H](NC(=O)[C@H](C)NC(=O)[C@@H](N)CCSC)C(=O)O. The monoisotopic (exact) mass is 351 g/mol. The van der Waals surface area contributed by atoms with E-state index in [0.717, 1.165) is 5.75 Å². The van der Waals surface area contributed by atoms with E-state index in [0.29, 0.717) is 18.6 Å². The number of aliphatic carboxylic acids is 1. The lowest BCUT2D eigenvalue weighted by molar-refractivity contribution is -0.142. The van der Waals surface area contributed by atoms with Crippen molar-refractivity contribution in [3.63, 3.8) is 0 Å². The standard InChI is InChI=1S/C13H25N3O4S2/c1-8(15-12(18)9(14)4-6-21-2)11(17)16-10(13(19)20)5-7-22-3/h8-10H,4-7,14H2,1-3H3,(H,15,18)(H,16,17)(H,19,20)/t8-,9-,10-/m0/s1. The van der Waals surface area contributed by atoms with Crippen molar-refractivity contribution < 1.29 is 19.5 Å². The fourth-order valence-corrected chi connectivity index (χ4v) is 2.51. The molecule has 5 N–H and O–H groups in total. The average Bonchev–Trinajstić information content (AvgIpc) is 2.47. The third-order valence-electron chi connectivity index (χ3n) is 2.95. The predicted molar refractivity (Wildman–Crippen MR) is 91.1 cm³/mol. The molecule has 0 fully saturated rings. The van der Waals surface area contributed by atoms with E-state index in [2.05, 4.69) is 10.6 Å². The Labute approximate surface area is 139 Å². The smallest absolute Gasteiger partial charge is 0.326 e. The molecule has 0 bridgehead atoms. The van der Waals surface area contributed by atoms with Gasteiger partial charge in [0.1, 0.15) is 12.1 Å². The molecule has 128 valence electrons. The van der Waals surface area contributed by atoms with Gasteiger partial charge < -0.3 is 21.5 Å². The van der Waals surface area contributed by atoms with E-state index in [1.807, 2.05) is 12.5 Å². The van der Waals surface area contributed by atoms with Gasteiger partial charge in [0.15, 0.2) is 0 Å². The number of carbonyl (C=O) groups is 3. The first-order valence-corrected chi connectivity index (χ1v) is 9.69. The van der Waals surface area contributed by atoms with Crippen LogP contribution in [0.25, 0.3) is 0 Å². The quantitative estimate of drug-likeness (QED) is 0.410. The van der Waals surface area contributed by atoms with Crippen LogP contribution in [0.2, 0.25) is 0 Å². The maximum absolute atomic E-state index is 12.0. The van der Waals surface area contributed by atoms with Crippen LogP contribution < -0.4 is 16.4 Å². The summed E-state index contributed by atoms with van der Waals surface area (Å²) in [5.41, 5.74) is 5.71. The first kappa shape index (κ1) is 21.1. The Hall–Kier alpha value is -0.930. The Morgan fingerprint density at radius 1 is 1.05 bits per heavy atom. The zero-order chi connectivity index (χ0) is 17.1. The average molecular weight is 351 g/mol. The molecule has 0 unspecified atom stereocenters. The van der Waals surface area contributed by atoms with Crippen LogP contribution in [0, 0.1) is 0 Å². The fourth-order valence-electron chi connectivity index (χ4n) is 1.55.